The Labute approximate surface area is 213 Å². The molecule has 0 saturated carbocycles. The monoisotopic (exact) mass is 706 g/mol. The minimum Gasteiger partial charge on any atom is -0.743 e. The molecule has 0 aliphatic heterocycles. The second-order valence-electron chi connectivity index (χ2n) is 4.39. The van der Waals surface area contributed by atoms with Crippen LogP contribution < -0.4 is 0 Å². The molecule has 0 aromatic carbocycles. The Balaban J connectivity index is -0.000000196. The second-order valence-corrected chi connectivity index (χ2v) is 8.65. The molecule has 0 N–H and O–H groups in total. The molecule has 0 unspecified atom stereocenters. The molecule has 34 heavy (non-hydrogen) atoms. The SMILES string of the molecule is COC(=O)C(F)(F)S(=O)(=O)[O-].COC(=O)C(F)(F)S(=O)(=O)[O-].COC(=O)C(F)(F)S(=O)(=O)[O-].[La+3]. The molecule has 0 rings (SSSR count). The van der Waals surface area contributed by atoms with Gasteiger partial charge in [0.1, 0.15) is 0 Å². The van der Waals surface area contributed by atoms with E-state index in [2.05, 4.69) is 14.2 Å². The van der Waals surface area contributed by atoms with Crippen LogP contribution in [0.25, 0.3) is 0 Å². The summed E-state index contributed by atoms with van der Waals surface area (Å²) in [5, 5.41) is -15.0. The van der Waals surface area contributed by atoms with Gasteiger partial charge >= 0.3 is 69.3 Å². The number of methoxy groups -OCH3 is 3. The number of hydrogen-bond donors (Lipinski definition) is 0. The van der Waals surface area contributed by atoms with Gasteiger partial charge in [-0.25, -0.2) is 39.6 Å². The Hall–Kier alpha value is -1.09. The smallest absolute Gasteiger partial charge is 0.743 e. The molecule has 15 nitrogen and oxygen atoms in total. The third-order valence-electron chi connectivity index (χ3n) is 2.21. The van der Waals surface area contributed by atoms with E-state index in [1.807, 2.05) is 0 Å². The maximum Gasteiger partial charge on any atom is 3.00 e. The Bertz CT molecular complexity index is 904. The van der Waals surface area contributed by atoms with Crippen LogP contribution in [0.5, 0.6) is 0 Å². The van der Waals surface area contributed by atoms with Gasteiger partial charge in [0, 0.05) is 0 Å². The molecule has 0 aliphatic rings. The van der Waals surface area contributed by atoms with Crippen LogP contribution >= 0.6 is 0 Å². The van der Waals surface area contributed by atoms with Gasteiger partial charge in [0.15, 0.2) is 30.4 Å². The molecule has 0 spiro atoms. The molecule has 0 aromatic rings. The quantitative estimate of drug-likeness (QED) is 0.124. The summed E-state index contributed by atoms with van der Waals surface area (Å²) in [6, 6.07) is 0. The number of carbonyl (C=O) groups excluding carboxylic acids is 3. The van der Waals surface area contributed by atoms with Crippen molar-refractivity contribution in [1.29, 1.82) is 0 Å². The zero-order valence-electron chi connectivity index (χ0n) is 16.2. The summed E-state index contributed by atoms with van der Waals surface area (Å²) in [6.45, 7) is 0. The van der Waals surface area contributed by atoms with Crippen molar-refractivity contribution in [3.63, 3.8) is 0 Å². The van der Waals surface area contributed by atoms with Crippen LogP contribution in [-0.4, -0.2) is 93.9 Å². The van der Waals surface area contributed by atoms with E-state index in [1.165, 1.54) is 0 Å². The summed E-state index contributed by atoms with van der Waals surface area (Å²) >= 11 is 0. The van der Waals surface area contributed by atoms with Gasteiger partial charge in [-0.3, -0.25) is 0 Å². The van der Waals surface area contributed by atoms with E-state index in [0.29, 0.717) is 21.3 Å². The largest absolute Gasteiger partial charge is 3.00 e. The number of rotatable bonds is 6. The molecule has 0 atom stereocenters. The first-order valence-corrected chi connectivity index (χ1v) is 10.7. The molecule has 0 aliphatic carbocycles. The average molecular weight is 706 g/mol. The van der Waals surface area contributed by atoms with E-state index < -0.39 is 64.0 Å². The Kier molecular flexibility index (Phi) is 16.3. The fraction of sp³-hybridized carbons (Fsp3) is 0.667. The first-order chi connectivity index (χ1) is 14.2. The molecule has 198 valence electrons. The molecular weight excluding hydrogens is 697 g/mol. The van der Waals surface area contributed by atoms with Crippen molar-refractivity contribution >= 4 is 48.3 Å². The predicted octanol–water partition coefficient (Wildman–Crippen LogP) is -2.11. The van der Waals surface area contributed by atoms with E-state index in [9.17, 15) is 79.6 Å². The van der Waals surface area contributed by atoms with E-state index in [0.717, 1.165) is 0 Å². The summed E-state index contributed by atoms with van der Waals surface area (Å²) in [5.41, 5.74) is 0. The molecule has 0 fully saturated rings. The van der Waals surface area contributed by atoms with Crippen molar-refractivity contribution in [2.24, 2.45) is 0 Å². The third kappa shape index (κ3) is 11.1. The molecular formula is C9H9F6LaO15S3. The summed E-state index contributed by atoms with van der Waals surface area (Å²) in [5.74, 6) is -7.15. The number of hydrogen-bond acceptors (Lipinski definition) is 15. The van der Waals surface area contributed by atoms with Crippen molar-refractivity contribution < 1.29 is 129 Å². The standard InChI is InChI=1S/3C3H4F2O5S.La/c3*1-10-2(6)3(4,5)11(7,8)9;/h3*1H3,(H,7,8,9);/q;;;+3/p-3. The van der Waals surface area contributed by atoms with Crippen LogP contribution in [0.2, 0.25) is 0 Å². The molecule has 0 heterocycles. The maximum absolute atomic E-state index is 11.9. The normalized spacial score (nSPS) is 12.4. The van der Waals surface area contributed by atoms with Gasteiger partial charge in [-0.1, -0.05) is 0 Å². The van der Waals surface area contributed by atoms with Crippen LogP contribution in [0.4, 0.5) is 26.3 Å². The molecule has 0 bridgehead atoms. The van der Waals surface area contributed by atoms with E-state index >= 15 is 0 Å². The zero-order chi connectivity index (χ0) is 27.9. The average Bonchev–Trinajstić information content (AvgIpc) is 2.63. The molecule has 25 heteroatoms. The van der Waals surface area contributed by atoms with Crippen LogP contribution in [0.15, 0.2) is 0 Å². The van der Waals surface area contributed by atoms with E-state index in [-0.39, 0.29) is 35.6 Å². The van der Waals surface area contributed by atoms with E-state index in [1.54, 1.807) is 0 Å². The fourth-order valence-corrected chi connectivity index (χ4v) is 1.53. The summed E-state index contributed by atoms with van der Waals surface area (Å²) < 4.78 is 169. The zero-order valence-corrected chi connectivity index (χ0v) is 22.3. The van der Waals surface area contributed by atoms with Gasteiger partial charge in [0.2, 0.25) is 0 Å². The minimum absolute atomic E-state index is 0. The van der Waals surface area contributed by atoms with Crippen molar-refractivity contribution in [3.8, 4) is 0 Å². The number of esters is 3. The number of ether oxygens (including phenoxy) is 3. The van der Waals surface area contributed by atoms with Crippen LogP contribution in [0.1, 0.15) is 0 Å². The third-order valence-corrected chi connectivity index (χ3v) is 4.59. The second kappa shape index (κ2) is 13.9. The van der Waals surface area contributed by atoms with Gasteiger partial charge < -0.3 is 27.9 Å². The topological polar surface area (TPSA) is 250 Å². The molecule has 0 amide bonds. The maximum atomic E-state index is 11.9. The van der Waals surface area contributed by atoms with Gasteiger partial charge in [-0.05, 0) is 0 Å². The summed E-state index contributed by atoms with van der Waals surface area (Å²) in [4.78, 5) is 29.8. The van der Waals surface area contributed by atoms with Crippen LogP contribution in [-0.2, 0) is 58.9 Å². The Morgan fingerprint density at radius 2 is 0.647 bits per heavy atom. The molecule has 0 radical (unpaired) electrons. The van der Waals surface area contributed by atoms with Gasteiger partial charge in [-0.15, -0.1) is 0 Å². The minimum atomic E-state index is -5.97. The first-order valence-electron chi connectivity index (χ1n) is 6.45. The van der Waals surface area contributed by atoms with Gasteiger partial charge in [0.05, 0.1) is 21.3 Å². The van der Waals surface area contributed by atoms with Gasteiger partial charge in [-0.2, -0.15) is 26.3 Å². The number of carbonyl (C=O) groups is 3. The summed E-state index contributed by atoms with van der Waals surface area (Å²) in [7, 11) is -16.3. The fourth-order valence-electron chi connectivity index (χ4n) is 0.663. The molecule has 0 saturated heterocycles. The van der Waals surface area contributed by atoms with Crippen molar-refractivity contribution in [1.82, 2.24) is 0 Å². The molecule has 0 aromatic heterocycles. The van der Waals surface area contributed by atoms with Crippen molar-refractivity contribution in [2.75, 3.05) is 21.3 Å². The Morgan fingerprint density at radius 1 is 0.529 bits per heavy atom. The van der Waals surface area contributed by atoms with Gasteiger partial charge in [0.25, 0.3) is 0 Å². The first kappa shape index (κ1) is 40.1. The number of alkyl halides is 6. The van der Waals surface area contributed by atoms with E-state index in [4.69, 9.17) is 0 Å². The predicted molar refractivity (Wildman–Crippen MR) is 80.0 cm³/mol. The summed E-state index contributed by atoms with van der Waals surface area (Å²) in [6.07, 6.45) is 0. The van der Waals surface area contributed by atoms with Crippen LogP contribution in [0.3, 0.4) is 0 Å². The van der Waals surface area contributed by atoms with Crippen molar-refractivity contribution in [3.05, 3.63) is 0 Å². The number of halogens is 6. The van der Waals surface area contributed by atoms with Crippen LogP contribution in [0, 0.1) is 35.6 Å². The Morgan fingerprint density at radius 3 is 0.676 bits per heavy atom. The van der Waals surface area contributed by atoms with Crippen molar-refractivity contribution in [2.45, 2.75) is 15.8 Å².